The Bertz CT molecular complexity index is 895. The van der Waals surface area contributed by atoms with E-state index in [9.17, 15) is 9.59 Å². The first-order chi connectivity index (χ1) is 12.6. The Kier molecular flexibility index (Phi) is 3.40. The fraction of sp³-hybridized carbons (Fsp3) is 0.455. The van der Waals surface area contributed by atoms with Gasteiger partial charge in [-0.15, -0.1) is 0 Å². The lowest BCUT2D eigenvalue weighted by atomic mass is 9.62. The summed E-state index contributed by atoms with van der Waals surface area (Å²) in [6, 6.07) is 9.82. The van der Waals surface area contributed by atoms with E-state index in [0.29, 0.717) is 11.6 Å². The number of benzene rings is 1. The van der Waals surface area contributed by atoms with Crippen LogP contribution in [-0.2, 0) is 9.59 Å². The SMILES string of the molecule is Cc1ccc(N2C(=O)[C@H]3[C@H]4CCCC[C@@H]4c4[nH]c(C)cc4[C@H]3C2=O)cc1. The highest BCUT2D eigenvalue weighted by molar-refractivity contribution is 6.24. The second-order valence-corrected chi connectivity index (χ2v) is 8.23. The van der Waals surface area contributed by atoms with E-state index in [1.54, 1.807) is 0 Å². The monoisotopic (exact) mass is 348 g/mol. The molecule has 2 amide bonds. The molecule has 0 unspecified atom stereocenters. The lowest BCUT2D eigenvalue weighted by Gasteiger charge is -2.40. The number of amides is 2. The van der Waals surface area contributed by atoms with Crippen molar-refractivity contribution < 1.29 is 9.59 Å². The van der Waals surface area contributed by atoms with Gasteiger partial charge in [-0.2, -0.15) is 0 Å². The fourth-order valence-electron chi connectivity index (χ4n) is 5.54. The quantitative estimate of drug-likeness (QED) is 0.786. The van der Waals surface area contributed by atoms with E-state index < -0.39 is 0 Å². The Morgan fingerprint density at radius 2 is 1.73 bits per heavy atom. The van der Waals surface area contributed by atoms with Gasteiger partial charge < -0.3 is 4.98 Å². The van der Waals surface area contributed by atoms with Crippen LogP contribution in [0.3, 0.4) is 0 Å². The van der Waals surface area contributed by atoms with Crippen LogP contribution >= 0.6 is 0 Å². The van der Waals surface area contributed by atoms with Crippen molar-refractivity contribution in [3.63, 3.8) is 0 Å². The van der Waals surface area contributed by atoms with Crippen molar-refractivity contribution in [3.8, 4) is 0 Å². The number of carbonyl (C=O) groups excluding carboxylic acids is 2. The highest BCUT2D eigenvalue weighted by Gasteiger charge is 2.57. The van der Waals surface area contributed by atoms with Gasteiger partial charge in [-0.3, -0.25) is 9.59 Å². The predicted octanol–water partition coefficient (Wildman–Crippen LogP) is 4.19. The number of hydrogen-bond acceptors (Lipinski definition) is 2. The molecule has 2 heterocycles. The van der Waals surface area contributed by atoms with Crippen LogP contribution in [-0.4, -0.2) is 16.8 Å². The van der Waals surface area contributed by atoms with Crippen LogP contribution in [0.1, 0.15) is 60.0 Å². The van der Waals surface area contributed by atoms with Crippen LogP contribution in [0.4, 0.5) is 5.69 Å². The Hall–Kier alpha value is -2.36. The summed E-state index contributed by atoms with van der Waals surface area (Å²) >= 11 is 0. The normalized spacial score (nSPS) is 30.2. The number of hydrogen-bond donors (Lipinski definition) is 1. The molecule has 2 fully saturated rings. The summed E-state index contributed by atoms with van der Waals surface area (Å²) in [5.41, 5.74) is 5.22. The van der Waals surface area contributed by atoms with Crippen molar-refractivity contribution in [2.75, 3.05) is 4.90 Å². The molecule has 1 aliphatic heterocycles. The van der Waals surface area contributed by atoms with E-state index in [0.717, 1.165) is 36.1 Å². The maximum atomic E-state index is 13.4. The van der Waals surface area contributed by atoms with Gasteiger partial charge in [0, 0.05) is 17.3 Å². The van der Waals surface area contributed by atoms with E-state index in [2.05, 4.69) is 11.1 Å². The molecule has 4 atom stereocenters. The summed E-state index contributed by atoms with van der Waals surface area (Å²) < 4.78 is 0. The van der Waals surface area contributed by atoms with Crippen LogP contribution in [0, 0.1) is 25.7 Å². The molecular formula is C22H24N2O2. The fourth-order valence-corrected chi connectivity index (χ4v) is 5.54. The van der Waals surface area contributed by atoms with Crippen molar-refractivity contribution in [1.29, 1.82) is 0 Å². The molecular weight excluding hydrogens is 324 g/mol. The molecule has 5 rings (SSSR count). The second-order valence-electron chi connectivity index (χ2n) is 8.23. The first kappa shape index (κ1) is 15.9. The molecule has 1 aromatic heterocycles. The minimum atomic E-state index is -0.317. The number of rotatable bonds is 1. The molecule has 4 nitrogen and oxygen atoms in total. The zero-order valence-electron chi connectivity index (χ0n) is 15.3. The number of anilines is 1. The summed E-state index contributed by atoms with van der Waals surface area (Å²) in [5.74, 6) is 0.118. The van der Waals surface area contributed by atoms with E-state index in [1.165, 1.54) is 17.0 Å². The third kappa shape index (κ3) is 2.08. The average Bonchev–Trinajstić information content (AvgIpc) is 3.14. The Morgan fingerprint density at radius 1 is 1.00 bits per heavy atom. The molecule has 134 valence electrons. The third-order valence-corrected chi connectivity index (χ3v) is 6.64. The number of aryl methyl sites for hydroxylation is 2. The summed E-state index contributed by atoms with van der Waals surface area (Å²) in [6.45, 7) is 4.06. The van der Waals surface area contributed by atoms with E-state index in [4.69, 9.17) is 0 Å². The van der Waals surface area contributed by atoms with Crippen LogP contribution in [0.2, 0.25) is 0 Å². The molecule has 3 aliphatic rings. The molecule has 0 spiro atoms. The number of aromatic amines is 1. The number of imide groups is 1. The van der Waals surface area contributed by atoms with Crippen LogP contribution in [0.15, 0.2) is 30.3 Å². The van der Waals surface area contributed by atoms with Crippen molar-refractivity contribution >= 4 is 17.5 Å². The average molecular weight is 348 g/mol. The Balaban J connectivity index is 1.64. The summed E-state index contributed by atoms with van der Waals surface area (Å²) in [7, 11) is 0. The van der Waals surface area contributed by atoms with Crippen LogP contribution < -0.4 is 4.90 Å². The molecule has 26 heavy (non-hydrogen) atoms. The largest absolute Gasteiger partial charge is 0.362 e. The van der Waals surface area contributed by atoms with Gasteiger partial charge in [-0.05, 0) is 56.4 Å². The first-order valence-corrected chi connectivity index (χ1v) is 9.70. The number of fused-ring (bicyclic) bond motifs is 6. The van der Waals surface area contributed by atoms with E-state index in [-0.39, 0.29) is 29.6 Å². The second kappa shape index (κ2) is 5.57. The molecule has 1 saturated carbocycles. The summed E-state index contributed by atoms with van der Waals surface area (Å²) in [4.78, 5) is 31.8. The lowest BCUT2D eigenvalue weighted by Crippen LogP contribution is -2.37. The zero-order chi connectivity index (χ0) is 18.0. The number of nitrogens with one attached hydrogen (secondary N) is 1. The van der Waals surface area contributed by atoms with Crippen LogP contribution in [0.5, 0.6) is 0 Å². The van der Waals surface area contributed by atoms with E-state index in [1.807, 2.05) is 38.1 Å². The maximum absolute atomic E-state index is 13.4. The molecule has 4 heteroatoms. The molecule has 2 aromatic rings. The van der Waals surface area contributed by atoms with Gasteiger partial charge in [-0.25, -0.2) is 4.90 Å². The highest BCUT2D eigenvalue weighted by atomic mass is 16.2. The van der Waals surface area contributed by atoms with Crippen LogP contribution in [0.25, 0.3) is 0 Å². The van der Waals surface area contributed by atoms with Gasteiger partial charge >= 0.3 is 0 Å². The highest BCUT2D eigenvalue weighted by Crippen LogP contribution is 2.56. The molecule has 2 aliphatic carbocycles. The molecule has 1 N–H and O–H groups in total. The molecule has 0 radical (unpaired) electrons. The lowest BCUT2D eigenvalue weighted by molar-refractivity contribution is -0.123. The predicted molar refractivity (Wildman–Crippen MR) is 100 cm³/mol. The topological polar surface area (TPSA) is 53.2 Å². The van der Waals surface area contributed by atoms with Crippen molar-refractivity contribution in [3.05, 3.63) is 52.8 Å². The summed E-state index contributed by atoms with van der Waals surface area (Å²) in [6.07, 6.45) is 4.53. The van der Waals surface area contributed by atoms with Crippen molar-refractivity contribution in [2.24, 2.45) is 11.8 Å². The molecule has 1 aromatic carbocycles. The van der Waals surface area contributed by atoms with Gasteiger partial charge in [0.15, 0.2) is 0 Å². The summed E-state index contributed by atoms with van der Waals surface area (Å²) in [5, 5.41) is 0. The molecule has 0 bridgehead atoms. The first-order valence-electron chi connectivity index (χ1n) is 9.70. The Labute approximate surface area is 153 Å². The van der Waals surface area contributed by atoms with Crippen molar-refractivity contribution in [1.82, 2.24) is 4.98 Å². The van der Waals surface area contributed by atoms with E-state index >= 15 is 0 Å². The number of aromatic nitrogens is 1. The maximum Gasteiger partial charge on any atom is 0.242 e. The zero-order valence-corrected chi connectivity index (χ0v) is 15.3. The van der Waals surface area contributed by atoms with Gasteiger partial charge in [-0.1, -0.05) is 30.5 Å². The van der Waals surface area contributed by atoms with Gasteiger partial charge in [0.2, 0.25) is 11.8 Å². The van der Waals surface area contributed by atoms with Crippen molar-refractivity contribution in [2.45, 2.75) is 51.4 Å². The minimum absolute atomic E-state index is 0.00487. The van der Waals surface area contributed by atoms with Gasteiger partial charge in [0.05, 0.1) is 17.5 Å². The smallest absolute Gasteiger partial charge is 0.242 e. The number of H-pyrrole nitrogens is 1. The standard InChI is InChI=1S/C22H24N2O2/c1-12-7-9-14(10-8-12)24-21(25)18-15-5-3-4-6-16(15)20-17(11-13(2)23-20)19(18)22(24)26/h7-11,15-16,18-19,23H,3-6H2,1-2H3/t15-,16-,18-,19+/m0/s1. The third-order valence-electron chi connectivity index (χ3n) is 6.64. The van der Waals surface area contributed by atoms with Gasteiger partial charge in [0.25, 0.3) is 0 Å². The molecule has 1 saturated heterocycles. The Morgan fingerprint density at radius 3 is 2.50 bits per heavy atom. The number of nitrogens with zero attached hydrogens (tertiary/aromatic N) is 1. The van der Waals surface area contributed by atoms with Gasteiger partial charge in [0.1, 0.15) is 0 Å². The minimum Gasteiger partial charge on any atom is -0.362 e. The number of carbonyl (C=O) groups is 2.